The van der Waals surface area contributed by atoms with E-state index in [1.165, 1.54) is 0 Å². The molecule has 1 saturated heterocycles. The van der Waals surface area contributed by atoms with Gasteiger partial charge in [-0.3, -0.25) is 4.79 Å². The molecule has 0 aliphatic carbocycles. The van der Waals surface area contributed by atoms with E-state index in [-0.39, 0.29) is 30.7 Å². The van der Waals surface area contributed by atoms with Crippen LogP contribution in [-0.2, 0) is 4.79 Å². The lowest BCUT2D eigenvalue weighted by atomic mass is 10.0. The maximum atomic E-state index is 12.7. The standard InChI is InChI=1S/C19H24N4O2.2ClH/c1-14-3-5-15(6-4-14)18(20)19(24)23-11-9-22(10-12-23)17-13-16(25-2)7-8-21-17;;/h3-8,13,18H,9-12,20H2,1-2H3;2*1H. The minimum Gasteiger partial charge on any atom is -0.497 e. The molecule has 0 bridgehead atoms. The Hall–Kier alpha value is -2.02. The van der Waals surface area contributed by atoms with Crippen LogP contribution in [0.25, 0.3) is 0 Å². The highest BCUT2D eigenvalue weighted by atomic mass is 35.5. The molecule has 1 atom stereocenters. The molecule has 1 amide bonds. The number of pyridine rings is 1. The summed E-state index contributed by atoms with van der Waals surface area (Å²) in [5.74, 6) is 1.63. The summed E-state index contributed by atoms with van der Waals surface area (Å²) in [5, 5.41) is 0. The van der Waals surface area contributed by atoms with Crippen molar-refractivity contribution in [2.45, 2.75) is 13.0 Å². The zero-order chi connectivity index (χ0) is 17.8. The monoisotopic (exact) mass is 412 g/mol. The second kappa shape index (κ2) is 10.3. The van der Waals surface area contributed by atoms with Crippen molar-refractivity contribution in [2.75, 3.05) is 38.2 Å². The predicted molar refractivity (Wildman–Crippen MR) is 112 cm³/mol. The molecule has 148 valence electrons. The number of amides is 1. The van der Waals surface area contributed by atoms with Gasteiger partial charge >= 0.3 is 0 Å². The van der Waals surface area contributed by atoms with Crippen LogP contribution < -0.4 is 15.4 Å². The van der Waals surface area contributed by atoms with Crippen LogP contribution in [0.4, 0.5) is 5.82 Å². The van der Waals surface area contributed by atoms with Crippen molar-refractivity contribution in [3.05, 3.63) is 53.7 Å². The first-order chi connectivity index (χ1) is 12.1. The summed E-state index contributed by atoms with van der Waals surface area (Å²) in [7, 11) is 1.64. The van der Waals surface area contributed by atoms with E-state index in [4.69, 9.17) is 10.5 Å². The van der Waals surface area contributed by atoms with E-state index in [0.29, 0.717) is 13.1 Å². The van der Waals surface area contributed by atoms with E-state index in [0.717, 1.165) is 35.8 Å². The van der Waals surface area contributed by atoms with E-state index in [1.54, 1.807) is 13.3 Å². The van der Waals surface area contributed by atoms with Gasteiger partial charge in [0.05, 0.1) is 7.11 Å². The third-order valence-corrected chi connectivity index (χ3v) is 4.57. The van der Waals surface area contributed by atoms with Gasteiger partial charge in [0.1, 0.15) is 17.6 Å². The number of hydrogen-bond donors (Lipinski definition) is 1. The van der Waals surface area contributed by atoms with E-state index in [1.807, 2.05) is 48.2 Å². The third-order valence-electron chi connectivity index (χ3n) is 4.57. The third kappa shape index (κ3) is 5.48. The Labute approximate surface area is 172 Å². The number of aryl methyl sites for hydroxylation is 1. The number of piperazine rings is 1. The second-order valence-corrected chi connectivity index (χ2v) is 6.25. The fraction of sp³-hybridized carbons (Fsp3) is 0.368. The molecule has 1 fully saturated rings. The number of rotatable bonds is 4. The molecule has 27 heavy (non-hydrogen) atoms. The largest absolute Gasteiger partial charge is 0.497 e. The average molecular weight is 413 g/mol. The first-order valence-corrected chi connectivity index (χ1v) is 8.44. The lowest BCUT2D eigenvalue weighted by molar-refractivity contribution is -0.133. The van der Waals surface area contributed by atoms with Crippen LogP contribution in [0.2, 0.25) is 0 Å². The second-order valence-electron chi connectivity index (χ2n) is 6.25. The average Bonchev–Trinajstić information content (AvgIpc) is 2.67. The molecule has 2 heterocycles. The Bertz CT molecular complexity index is 735. The number of carbonyl (C=O) groups is 1. The van der Waals surface area contributed by atoms with Gasteiger partial charge in [-0.25, -0.2) is 4.98 Å². The number of hydrogen-bond acceptors (Lipinski definition) is 5. The van der Waals surface area contributed by atoms with Crippen LogP contribution in [0.1, 0.15) is 17.2 Å². The van der Waals surface area contributed by atoms with Crippen LogP contribution in [0.15, 0.2) is 42.6 Å². The molecule has 1 aromatic heterocycles. The summed E-state index contributed by atoms with van der Waals surface area (Å²) >= 11 is 0. The summed E-state index contributed by atoms with van der Waals surface area (Å²) in [5.41, 5.74) is 8.18. The Kier molecular flexibility index (Phi) is 8.82. The highest BCUT2D eigenvalue weighted by Gasteiger charge is 2.26. The lowest BCUT2D eigenvalue weighted by Crippen LogP contribution is -2.51. The van der Waals surface area contributed by atoms with Crippen molar-refractivity contribution in [2.24, 2.45) is 5.73 Å². The molecule has 1 aliphatic rings. The number of nitrogens with zero attached hydrogens (tertiary/aromatic N) is 3. The van der Waals surface area contributed by atoms with Gasteiger partial charge in [-0.15, -0.1) is 24.8 Å². The molecule has 3 rings (SSSR count). The van der Waals surface area contributed by atoms with Gasteiger partial charge < -0.3 is 20.3 Å². The van der Waals surface area contributed by atoms with Gasteiger partial charge in [0.15, 0.2) is 0 Å². The van der Waals surface area contributed by atoms with E-state index < -0.39 is 6.04 Å². The summed E-state index contributed by atoms with van der Waals surface area (Å²) in [6.07, 6.45) is 1.74. The topological polar surface area (TPSA) is 71.7 Å². The normalized spacial score (nSPS) is 14.6. The maximum Gasteiger partial charge on any atom is 0.244 e. The number of benzene rings is 1. The van der Waals surface area contributed by atoms with Gasteiger partial charge in [0.2, 0.25) is 5.91 Å². The summed E-state index contributed by atoms with van der Waals surface area (Å²) in [4.78, 5) is 21.1. The molecule has 0 saturated carbocycles. The molecule has 2 N–H and O–H groups in total. The number of halogens is 2. The van der Waals surface area contributed by atoms with Crippen molar-refractivity contribution >= 4 is 36.5 Å². The number of methoxy groups -OCH3 is 1. The quantitative estimate of drug-likeness (QED) is 0.835. The first-order valence-electron chi connectivity index (χ1n) is 8.44. The Morgan fingerprint density at radius 2 is 1.74 bits per heavy atom. The molecule has 1 unspecified atom stereocenters. The number of aromatic nitrogens is 1. The van der Waals surface area contributed by atoms with Crippen LogP contribution in [0.3, 0.4) is 0 Å². The molecule has 8 heteroatoms. The number of anilines is 1. The predicted octanol–water partition coefficient (Wildman–Crippen LogP) is 2.59. The maximum absolute atomic E-state index is 12.7. The van der Waals surface area contributed by atoms with Crippen LogP contribution in [-0.4, -0.2) is 49.1 Å². The Morgan fingerprint density at radius 1 is 1.11 bits per heavy atom. The molecule has 6 nitrogen and oxygen atoms in total. The van der Waals surface area contributed by atoms with Crippen molar-refractivity contribution in [1.82, 2.24) is 9.88 Å². The van der Waals surface area contributed by atoms with E-state index in [2.05, 4.69) is 9.88 Å². The molecule has 2 aromatic rings. The van der Waals surface area contributed by atoms with Crippen molar-refractivity contribution in [3.63, 3.8) is 0 Å². The SMILES string of the molecule is COc1ccnc(N2CCN(C(=O)C(N)c3ccc(C)cc3)CC2)c1.Cl.Cl. The summed E-state index contributed by atoms with van der Waals surface area (Å²) < 4.78 is 5.25. The molecule has 0 radical (unpaired) electrons. The lowest BCUT2D eigenvalue weighted by Gasteiger charge is -2.36. The fourth-order valence-electron chi connectivity index (χ4n) is 2.97. The fourth-order valence-corrected chi connectivity index (χ4v) is 2.97. The van der Waals surface area contributed by atoms with Crippen LogP contribution in [0.5, 0.6) is 5.75 Å². The highest BCUT2D eigenvalue weighted by molar-refractivity contribution is 5.85. The molecular weight excluding hydrogens is 387 g/mol. The minimum atomic E-state index is -0.609. The molecule has 1 aliphatic heterocycles. The van der Waals surface area contributed by atoms with Crippen molar-refractivity contribution in [3.8, 4) is 5.75 Å². The Balaban J connectivity index is 0.00000182. The molecular formula is C19H26Cl2N4O2. The van der Waals surface area contributed by atoms with E-state index >= 15 is 0 Å². The van der Waals surface area contributed by atoms with Crippen molar-refractivity contribution in [1.29, 1.82) is 0 Å². The zero-order valence-corrected chi connectivity index (χ0v) is 17.1. The number of carbonyl (C=O) groups excluding carboxylic acids is 1. The van der Waals surface area contributed by atoms with E-state index in [9.17, 15) is 4.79 Å². The van der Waals surface area contributed by atoms with Gasteiger partial charge in [-0.1, -0.05) is 29.8 Å². The number of nitrogens with two attached hydrogens (primary N) is 1. The van der Waals surface area contributed by atoms with Crippen LogP contribution in [0, 0.1) is 6.92 Å². The van der Waals surface area contributed by atoms with Crippen LogP contribution >= 0.6 is 24.8 Å². The smallest absolute Gasteiger partial charge is 0.244 e. The van der Waals surface area contributed by atoms with Gasteiger partial charge in [-0.2, -0.15) is 0 Å². The first kappa shape index (κ1) is 23.0. The summed E-state index contributed by atoms with van der Waals surface area (Å²) in [6, 6.07) is 10.9. The Morgan fingerprint density at radius 3 is 2.33 bits per heavy atom. The molecule has 1 aromatic carbocycles. The van der Waals surface area contributed by atoms with Gasteiger partial charge in [0, 0.05) is 38.4 Å². The van der Waals surface area contributed by atoms with Gasteiger partial charge in [-0.05, 0) is 18.6 Å². The van der Waals surface area contributed by atoms with Crippen molar-refractivity contribution < 1.29 is 9.53 Å². The number of ether oxygens (including phenoxy) is 1. The molecule has 0 spiro atoms. The summed E-state index contributed by atoms with van der Waals surface area (Å²) in [6.45, 7) is 4.75. The zero-order valence-electron chi connectivity index (χ0n) is 15.5. The van der Waals surface area contributed by atoms with Gasteiger partial charge in [0.25, 0.3) is 0 Å². The minimum absolute atomic E-state index is 0. The highest BCUT2D eigenvalue weighted by Crippen LogP contribution is 2.21.